The Bertz CT molecular complexity index is 344. The van der Waals surface area contributed by atoms with Crippen molar-refractivity contribution in [2.45, 2.75) is 6.61 Å². The van der Waals surface area contributed by atoms with E-state index in [1.54, 1.807) is 6.07 Å². The van der Waals surface area contributed by atoms with Gasteiger partial charge in [0.15, 0.2) is 0 Å². The van der Waals surface area contributed by atoms with Gasteiger partial charge in [-0.3, -0.25) is 4.79 Å². The first kappa shape index (κ1) is 11.9. The molecular weight excluding hydrogens is 361 g/mol. The van der Waals surface area contributed by atoms with Crippen molar-refractivity contribution in [1.82, 2.24) is 0 Å². The average Bonchev–Trinajstić information content (AvgIpc) is 2.20. The minimum atomic E-state index is -0.124. The Morgan fingerprint density at radius 1 is 1.57 bits per heavy atom. The Labute approximate surface area is 104 Å². The summed E-state index contributed by atoms with van der Waals surface area (Å²) in [5, 5.41) is 12.0. The summed E-state index contributed by atoms with van der Waals surface area (Å²) in [6.45, 7) is -0.0747. The maximum atomic E-state index is 11.1. The van der Waals surface area contributed by atoms with Gasteiger partial charge in [-0.05, 0) is 40.8 Å². The summed E-state index contributed by atoms with van der Waals surface area (Å²) in [6, 6.07) is 5.50. The summed E-state index contributed by atoms with van der Waals surface area (Å²) in [7, 11) is 0. The van der Waals surface area contributed by atoms with Gasteiger partial charge in [0, 0.05) is 14.8 Å². The van der Waals surface area contributed by atoms with E-state index in [2.05, 4.69) is 43.8 Å². The summed E-state index contributed by atoms with van der Waals surface area (Å²) in [6.07, 6.45) is 0. The maximum Gasteiger partial charge on any atom is 0.235 e. The van der Waals surface area contributed by atoms with Crippen molar-refractivity contribution in [3.8, 4) is 0 Å². The number of alkyl halides is 1. The van der Waals surface area contributed by atoms with Crippen molar-refractivity contribution in [2.75, 3.05) is 10.6 Å². The lowest BCUT2D eigenvalue weighted by Gasteiger charge is -2.08. The molecule has 0 heterocycles. The van der Waals surface area contributed by atoms with Crippen molar-refractivity contribution >= 4 is 50.1 Å². The van der Waals surface area contributed by atoms with Gasteiger partial charge < -0.3 is 10.4 Å². The predicted molar refractivity (Wildman–Crippen MR) is 67.5 cm³/mol. The standard InChI is InChI=1S/C9H9BrINO2/c10-4-9(14)12-8-2-1-7(11)3-6(8)5-13/h1-3,13H,4-5H2,(H,12,14). The number of rotatable bonds is 3. The van der Waals surface area contributed by atoms with Gasteiger partial charge in [-0.15, -0.1) is 0 Å². The van der Waals surface area contributed by atoms with Gasteiger partial charge in [-0.1, -0.05) is 15.9 Å². The van der Waals surface area contributed by atoms with Crippen LogP contribution in [0.25, 0.3) is 0 Å². The lowest BCUT2D eigenvalue weighted by atomic mass is 10.2. The summed E-state index contributed by atoms with van der Waals surface area (Å²) in [5.41, 5.74) is 1.39. The number of anilines is 1. The van der Waals surface area contributed by atoms with Crippen LogP contribution in [-0.4, -0.2) is 16.3 Å². The number of amides is 1. The second-order valence-electron chi connectivity index (χ2n) is 2.64. The molecule has 0 aliphatic carbocycles. The van der Waals surface area contributed by atoms with Crippen LogP contribution in [0.15, 0.2) is 18.2 Å². The molecule has 1 aromatic rings. The van der Waals surface area contributed by atoms with Crippen molar-refractivity contribution in [3.63, 3.8) is 0 Å². The van der Waals surface area contributed by atoms with Crippen molar-refractivity contribution < 1.29 is 9.90 Å². The number of hydrogen-bond donors (Lipinski definition) is 2. The highest BCUT2D eigenvalue weighted by Crippen LogP contribution is 2.18. The zero-order chi connectivity index (χ0) is 10.6. The number of aliphatic hydroxyl groups is 1. The highest BCUT2D eigenvalue weighted by molar-refractivity contribution is 14.1. The third kappa shape index (κ3) is 3.21. The van der Waals surface area contributed by atoms with Crippen LogP contribution in [0.2, 0.25) is 0 Å². The second kappa shape index (κ2) is 5.67. The minimum absolute atomic E-state index is 0.0747. The fourth-order valence-electron chi connectivity index (χ4n) is 0.999. The highest BCUT2D eigenvalue weighted by atomic mass is 127. The molecule has 0 unspecified atom stereocenters. The van der Waals surface area contributed by atoms with Gasteiger partial charge in [-0.2, -0.15) is 0 Å². The van der Waals surface area contributed by atoms with E-state index in [1.807, 2.05) is 12.1 Å². The normalized spacial score (nSPS) is 9.93. The molecule has 0 aliphatic rings. The molecule has 0 saturated heterocycles. The largest absolute Gasteiger partial charge is 0.392 e. The molecule has 1 amide bonds. The highest BCUT2D eigenvalue weighted by Gasteiger charge is 2.05. The molecular formula is C9H9BrINO2. The van der Waals surface area contributed by atoms with Gasteiger partial charge >= 0.3 is 0 Å². The van der Waals surface area contributed by atoms with Crippen LogP contribution in [0.5, 0.6) is 0 Å². The molecule has 14 heavy (non-hydrogen) atoms. The lowest BCUT2D eigenvalue weighted by molar-refractivity contribution is -0.113. The fraction of sp³-hybridized carbons (Fsp3) is 0.222. The van der Waals surface area contributed by atoms with Gasteiger partial charge in [0.05, 0.1) is 11.9 Å². The third-order valence-corrected chi connectivity index (χ3v) is 2.81. The Morgan fingerprint density at radius 2 is 2.29 bits per heavy atom. The fourth-order valence-corrected chi connectivity index (χ4v) is 1.69. The number of aliphatic hydroxyl groups excluding tert-OH is 1. The molecule has 0 aromatic heterocycles. The molecule has 3 nitrogen and oxygen atoms in total. The van der Waals surface area contributed by atoms with Crippen LogP contribution < -0.4 is 5.32 Å². The van der Waals surface area contributed by atoms with E-state index in [9.17, 15) is 4.79 Å². The smallest absolute Gasteiger partial charge is 0.235 e. The molecule has 1 rings (SSSR count). The number of benzene rings is 1. The summed E-state index contributed by atoms with van der Waals surface area (Å²) >= 11 is 5.21. The molecule has 76 valence electrons. The molecule has 2 N–H and O–H groups in total. The Kier molecular flexibility index (Phi) is 4.83. The van der Waals surface area contributed by atoms with Crippen LogP contribution in [0.3, 0.4) is 0 Å². The van der Waals surface area contributed by atoms with Gasteiger partial charge in [0.1, 0.15) is 0 Å². The lowest BCUT2D eigenvalue weighted by Crippen LogP contribution is -2.13. The molecule has 1 aromatic carbocycles. The minimum Gasteiger partial charge on any atom is -0.392 e. The van der Waals surface area contributed by atoms with E-state index in [-0.39, 0.29) is 17.8 Å². The quantitative estimate of drug-likeness (QED) is 0.633. The van der Waals surface area contributed by atoms with E-state index in [4.69, 9.17) is 5.11 Å². The SMILES string of the molecule is O=C(CBr)Nc1ccc(I)cc1CO. The average molecular weight is 370 g/mol. The molecule has 0 aliphatic heterocycles. The van der Waals surface area contributed by atoms with E-state index >= 15 is 0 Å². The topological polar surface area (TPSA) is 49.3 Å². The predicted octanol–water partition coefficient (Wildman–Crippen LogP) is 2.12. The first-order valence-corrected chi connectivity index (χ1v) is 6.12. The van der Waals surface area contributed by atoms with Crippen molar-refractivity contribution in [2.24, 2.45) is 0 Å². The second-order valence-corrected chi connectivity index (χ2v) is 4.45. The molecule has 0 fully saturated rings. The van der Waals surface area contributed by atoms with Crippen LogP contribution in [0.1, 0.15) is 5.56 Å². The van der Waals surface area contributed by atoms with E-state index in [0.29, 0.717) is 5.69 Å². The van der Waals surface area contributed by atoms with Crippen LogP contribution in [0.4, 0.5) is 5.69 Å². The van der Waals surface area contributed by atoms with Gasteiger partial charge in [0.2, 0.25) is 5.91 Å². The van der Waals surface area contributed by atoms with Gasteiger partial charge in [-0.25, -0.2) is 0 Å². The number of nitrogens with one attached hydrogen (secondary N) is 1. The summed E-state index contributed by atoms with van der Waals surface area (Å²) in [4.78, 5) is 11.1. The van der Waals surface area contributed by atoms with E-state index in [1.165, 1.54) is 0 Å². The first-order chi connectivity index (χ1) is 6.67. The number of hydrogen-bond acceptors (Lipinski definition) is 2. The maximum absolute atomic E-state index is 11.1. The zero-order valence-electron chi connectivity index (χ0n) is 7.26. The number of halogens is 2. The number of carbonyl (C=O) groups is 1. The summed E-state index contributed by atoms with van der Waals surface area (Å²) < 4.78 is 1.03. The van der Waals surface area contributed by atoms with Crippen molar-refractivity contribution in [3.05, 3.63) is 27.3 Å². The summed E-state index contributed by atoms with van der Waals surface area (Å²) in [5.74, 6) is -0.124. The zero-order valence-corrected chi connectivity index (χ0v) is 11.0. The third-order valence-electron chi connectivity index (χ3n) is 1.63. The van der Waals surface area contributed by atoms with Crippen LogP contribution in [0, 0.1) is 3.57 Å². The Morgan fingerprint density at radius 3 is 2.86 bits per heavy atom. The van der Waals surface area contributed by atoms with Crippen molar-refractivity contribution in [1.29, 1.82) is 0 Å². The number of carbonyl (C=O) groups excluding carboxylic acids is 1. The van der Waals surface area contributed by atoms with E-state index in [0.717, 1.165) is 9.13 Å². The van der Waals surface area contributed by atoms with E-state index < -0.39 is 0 Å². The molecule has 0 radical (unpaired) electrons. The van der Waals surface area contributed by atoms with Crippen LogP contribution >= 0.6 is 38.5 Å². The van der Waals surface area contributed by atoms with Crippen LogP contribution in [-0.2, 0) is 11.4 Å². The molecule has 5 heteroatoms. The first-order valence-electron chi connectivity index (χ1n) is 3.92. The molecule has 0 saturated carbocycles. The Hall–Kier alpha value is -0.140. The molecule has 0 atom stereocenters. The Balaban J connectivity index is 2.90. The monoisotopic (exact) mass is 369 g/mol. The van der Waals surface area contributed by atoms with Gasteiger partial charge in [0.25, 0.3) is 0 Å². The molecule has 0 spiro atoms. The molecule has 0 bridgehead atoms.